The zero-order valence-electron chi connectivity index (χ0n) is 24.3. The Morgan fingerprint density at radius 1 is 1.13 bits per heavy atom. The smallest absolute Gasteiger partial charge is 0.458 e. The van der Waals surface area contributed by atoms with Crippen molar-refractivity contribution >= 4 is 46.5 Å². The average molecular weight is 631 g/mol. The number of aromatic nitrogens is 4. The number of nitrogens with two attached hydrogens (primary N) is 1. The summed E-state index contributed by atoms with van der Waals surface area (Å²) in [4.78, 5) is 76.5. The summed E-state index contributed by atoms with van der Waals surface area (Å²) in [5.41, 5.74) is 2.79. The fourth-order valence-corrected chi connectivity index (χ4v) is 3.81. The maximum atomic E-state index is 13.5. The molecule has 0 saturated heterocycles. The molecule has 3 rings (SSSR count). The summed E-state index contributed by atoms with van der Waals surface area (Å²) in [6, 6.07) is 3.18. The minimum atomic E-state index is -5.29. The first-order chi connectivity index (χ1) is 21.0. The Morgan fingerprint density at radius 2 is 1.80 bits per heavy atom. The van der Waals surface area contributed by atoms with Crippen LogP contribution in [0.5, 0.6) is 0 Å². The van der Waals surface area contributed by atoms with Gasteiger partial charge < -0.3 is 21.1 Å². The molecule has 2 aromatic heterocycles. The molecule has 0 aliphatic carbocycles. The van der Waals surface area contributed by atoms with Gasteiger partial charge in [-0.05, 0) is 51.5 Å². The van der Waals surface area contributed by atoms with E-state index < -0.39 is 53.6 Å². The molecule has 0 unspecified atom stereocenters. The molecule has 0 bridgehead atoms. The average Bonchev–Trinajstić information content (AvgIpc) is 2.95. The number of aromatic amines is 1. The van der Waals surface area contributed by atoms with E-state index in [0.29, 0.717) is 4.90 Å². The van der Waals surface area contributed by atoms with Gasteiger partial charge in [0.25, 0.3) is 11.5 Å². The number of rotatable bonds is 10. The van der Waals surface area contributed by atoms with Crippen molar-refractivity contribution < 1.29 is 37.1 Å². The summed E-state index contributed by atoms with van der Waals surface area (Å²) in [5, 5.41) is 4.91. The van der Waals surface area contributed by atoms with Crippen molar-refractivity contribution in [1.82, 2.24) is 30.6 Å². The number of esters is 1. The van der Waals surface area contributed by atoms with Crippen molar-refractivity contribution in [3.63, 3.8) is 0 Å². The van der Waals surface area contributed by atoms with Crippen LogP contribution in [0.1, 0.15) is 49.7 Å². The van der Waals surface area contributed by atoms with Crippen molar-refractivity contribution in [3.05, 3.63) is 52.1 Å². The largest absolute Gasteiger partial charge is 0.471 e. The molecule has 0 saturated carbocycles. The number of alkyl halides is 3. The first kappa shape index (κ1) is 34.0. The number of hydrogen-bond acceptors (Lipinski definition) is 10. The predicted octanol–water partition coefficient (Wildman–Crippen LogP) is 1.36. The fourth-order valence-electron chi connectivity index (χ4n) is 3.81. The number of carbonyl (C=O) groups excluding carboxylic acids is 4. The molecule has 238 valence electrons. The monoisotopic (exact) mass is 630 g/mol. The van der Waals surface area contributed by atoms with Crippen LogP contribution in [-0.4, -0.2) is 68.0 Å². The summed E-state index contributed by atoms with van der Waals surface area (Å²) < 4.78 is 46.0. The van der Waals surface area contributed by atoms with Crippen LogP contribution in [0.25, 0.3) is 11.2 Å². The number of hydrogen-bond donors (Lipinski definition) is 4. The Bertz CT molecular complexity index is 1690. The summed E-state index contributed by atoms with van der Waals surface area (Å²) >= 11 is 0. The van der Waals surface area contributed by atoms with Gasteiger partial charge >= 0.3 is 18.1 Å². The molecule has 3 aromatic rings. The maximum absolute atomic E-state index is 13.5. The third kappa shape index (κ3) is 9.48. The lowest BCUT2D eigenvalue weighted by Crippen LogP contribution is -2.45. The molecule has 14 nitrogen and oxygen atoms in total. The van der Waals surface area contributed by atoms with Crippen molar-refractivity contribution in [2.24, 2.45) is 0 Å². The molecule has 0 fully saturated rings. The van der Waals surface area contributed by atoms with Crippen molar-refractivity contribution in [2.75, 3.05) is 17.2 Å². The number of nitrogens with zero attached hydrogens (tertiary/aromatic N) is 4. The van der Waals surface area contributed by atoms with Gasteiger partial charge in [-0.1, -0.05) is 5.92 Å². The third-order valence-corrected chi connectivity index (χ3v) is 5.78. The molecular weight excluding hydrogens is 601 g/mol. The molecule has 17 heteroatoms. The normalized spacial score (nSPS) is 12.1. The number of terminal acetylenes is 1. The number of anilines is 2. The van der Waals surface area contributed by atoms with Gasteiger partial charge in [0.15, 0.2) is 11.2 Å². The predicted molar refractivity (Wildman–Crippen MR) is 154 cm³/mol. The summed E-state index contributed by atoms with van der Waals surface area (Å²) in [6.07, 6.45) is 0.553. The summed E-state index contributed by atoms with van der Waals surface area (Å²) in [5.74, 6) is -2.33. The van der Waals surface area contributed by atoms with Crippen LogP contribution >= 0.6 is 0 Å². The molecule has 1 aromatic carbocycles. The zero-order valence-corrected chi connectivity index (χ0v) is 24.3. The lowest BCUT2D eigenvalue weighted by Gasteiger charge is -2.25. The third-order valence-electron chi connectivity index (χ3n) is 5.78. The van der Waals surface area contributed by atoms with Gasteiger partial charge in [-0.25, -0.2) is 14.8 Å². The minimum Gasteiger partial charge on any atom is -0.458 e. The molecule has 3 amide bonds. The van der Waals surface area contributed by atoms with E-state index in [2.05, 4.69) is 36.5 Å². The van der Waals surface area contributed by atoms with Crippen LogP contribution in [-0.2, 0) is 25.7 Å². The SMILES string of the molecule is C#CCNC(=O)CC[C@H](NC(=O)c1ccc(N(Cc2cnc3nc(N)[nH]c(=O)c3n2)C(=O)C(F)(F)F)cc1)C(=O)OC(C)(C)C. The number of nitrogens with one attached hydrogen (secondary N) is 3. The molecule has 0 aliphatic heterocycles. The zero-order chi connectivity index (χ0) is 33.5. The molecule has 2 heterocycles. The molecule has 0 radical (unpaired) electrons. The van der Waals surface area contributed by atoms with E-state index in [1.165, 1.54) is 0 Å². The highest BCUT2D eigenvalue weighted by Gasteiger charge is 2.43. The summed E-state index contributed by atoms with van der Waals surface area (Å²) in [6.45, 7) is 4.07. The van der Waals surface area contributed by atoms with Gasteiger partial charge in [0.05, 0.1) is 25.0 Å². The van der Waals surface area contributed by atoms with E-state index in [1.54, 1.807) is 20.8 Å². The lowest BCUT2D eigenvalue weighted by atomic mass is 10.1. The van der Waals surface area contributed by atoms with Crippen molar-refractivity contribution in [2.45, 2.75) is 58.0 Å². The van der Waals surface area contributed by atoms with Crippen molar-refractivity contribution in [1.29, 1.82) is 0 Å². The Hall–Kier alpha value is -5.53. The van der Waals surface area contributed by atoms with Gasteiger partial charge in [0, 0.05) is 17.7 Å². The van der Waals surface area contributed by atoms with E-state index in [-0.39, 0.29) is 53.4 Å². The molecule has 5 N–H and O–H groups in total. The Balaban J connectivity index is 1.85. The van der Waals surface area contributed by atoms with E-state index >= 15 is 0 Å². The maximum Gasteiger partial charge on any atom is 0.471 e. The second kappa shape index (κ2) is 13.8. The van der Waals surface area contributed by atoms with E-state index in [0.717, 1.165) is 30.5 Å². The Morgan fingerprint density at radius 3 is 2.40 bits per heavy atom. The first-order valence-electron chi connectivity index (χ1n) is 13.2. The second-order valence-corrected chi connectivity index (χ2v) is 10.5. The highest BCUT2D eigenvalue weighted by atomic mass is 19.4. The topological polar surface area (TPSA) is 202 Å². The lowest BCUT2D eigenvalue weighted by molar-refractivity contribution is -0.170. The van der Waals surface area contributed by atoms with Gasteiger partial charge in [-0.2, -0.15) is 18.2 Å². The molecule has 1 atom stereocenters. The minimum absolute atomic E-state index is 0.0272. The van der Waals surface area contributed by atoms with E-state index in [4.69, 9.17) is 16.9 Å². The number of nitrogen functional groups attached to an aromatic ring is 1. The van der Waals surface area contributed by atoms with Crippen LogP contribution in [0.2, 0.25) is 0 Å². The second-order valence-electron chi connectivity index (χ2n) is 10.5. The van der Waals surface area contributed by atoms with Crippen molar-refractivity contribution in [3.8, 4) is 12.3 Å². The standard InChI is InChI=1S/C28H29F3N8O6/c1-5-12-33-19(40)11-10-18(24(43)45-27(2,3)4)36-22(41)15-6-8-17(9-7-15)39(25(44)28(29,30)31)14-16-13-34-21-20(35-16)23(42)38-26(32)37-21/h1,6-9,13,18H,10-12,14H2,2-4H3,(H,33,40)(H,36,41)(H3,32,34,37,38,42)/t18-/m0/s1. The number of fused-ring (bicyclic) bond motifs is 1. The highest BCUT2D eigenvalue weighted by molar-refractivity contribution is 5.99. The first-order valence-corrected chi connectivity index (χ1v) is 13.2. The molecular formula is C28H29F3N8O6. The Kier molecular flexibility index (Phi) is 10.4. The van der Waals surface area contributed by atoms with Gasteiger partial charge in [-0.15, -0.1) is 6.42 Å². The van der Waals surface area contributed by atoms with Gasteiger partial charge in [0.2, 0.25) is 11.9 Å². The number of H-pyrrole nitrogens is 1. The molecule has 0 aliphatic rings. The van der Waals surface area contributed by atoms with Crippen LogP contribution in [0, 0.1) is 12.3 Å². The number of halogens is 3. The molecule has 0 spiro atoms. The quantitative estimate of drug-likeness (QED) is 0.187. The van der Waals surface area contributed by atoms with Gasteiger partial charge in [0.1, 0.15) is 11.6 Å². The number of carbonyl (C=O) groups is 4. The molecule has 45 heavy (non-hydrogen) atoms. The van der Waals surface area contributed by atoms with Crippen LogP contribution in [0.4, 0.5) is 24.8 Å². The number of amides is 3. The van der Waals surface area contributed by atoms with Crippen LogP contribution in [0.3, 0.4) is 0 Å². The number of benzene rings is 1. The number of ether oxygens (including phenoxy) is 1. The van der Waals surface area contributed by atoms with Crippen LogP contribution in [0.15, 0.2) is 35.3 Å². The summed E-state index contributed by atoms with van der Waals surface area (Å²) in [7, 11) is 0. The van der Waals surface area contributed by atoms with E-state index in [9.17, 15) is 37.1 Å². The fraction of sp³-hybridized carbons (Fsp3) is 0.357. The van der Waals surface area contributed by atoms with E-state index in [1.807, 2.05) is 0 Å². The Labute approximate surface area is 254 Å². The highest BCUT2D eigenvalue weighted by Crippen LogP contribution is 2.26. The van der Waals surface area contributed by atoms with Gasteiger partial charge in [-0.3, -0.25) is 29.1 Å². The van der Waals surface area contributed by atoms with Crippen LogP contribution < -0.4 is 26.8 Å².